The third-order valence-electron chi connectivity index (χ3n) is 2.35. The van der Waals surface area contributed by atoms with E-state index in [9.17, 15) is 0 Å². The second-order valence-electron chi connectivity index (χ2n) is 3.68. The molecule has 14 heavy (non-hydrogen) atoms. The molecule has 83 valence electrons. The Kier molecular flexibility index (Phi) is 28.4. The molecular formula is C12H28NaO. The molecule has 1 nitrogen and oxygen atoms in total. The summed E-state index contributed by atoms with van der Waals surface area (Å²) < 4.78 is 0. The second-order valence-corrected chi connectivity index (χ2v) is 3.68. The number of rotatable bonds is 9. The minimum absolute atomic E-state index is 0. The van der Waals surface area contributed by atoms with Gasteiger partial charge in [0.25, 0.3) is 0 Å². The molecule has 0 saturated carbocycles. The fourth-order valence-corrected chi connectivity index (χ4v) is 1.49. The first-order valence-electron chi connectivity index (χ1n) is 5.71. The van der Waals surface area contributed by atoms with Crippen LogP contribution in [0.4, 0.5) is 0 Å². The Balaban J connectivity index is -0.000000605. The van der Waals surface area contributed by atoms with Gasteiger partial charge in [-0.05, 0) is 0 Å². The molecule has 0 heterocycles. The molecule has 0 atom stereocenters. The first-order chi connectivity index (χ1) is 5.91. The Labute approximate surface area is 113 Å². The Bertz CT molecular complexity index is 66.7. The van der Waals surface area contributed by atoms with Crippen LogP contribution in [0.5, 0.6) is 0 Å². The SMILES string of the molecule is O.[CH2]CCCCCCCCCCC.[NaH]. The van der Waals surface area contributed by atoms with Crippen LogP contribution in [0.1, 0.15) is 71.1 Å². The maximum absolute atomic E-state index is 3.84. The summed E-state index contributed by atoms with van der Waals surface area (Å²) >= 11 is 0. The Morgan fingerprint density at radius 3 is 1.43 bits per heavy atom. The van der Waals surface area contributed by atoms with Crippen molar-refractivity contribution in [3.63, 3.8) is 0 Å². The van der Waals surface area contributed by atoms with Gasteiger partial charge in [0.05, 0.1) is 0 Å². The summed E-state index contributed by atoms with van der Waals surface area (Å²) in [4.78, 5) is 0. The molecule has 0 aliphatic rings. The van der Waals surface area contributed by atoms with Crippen molar-refractivity contribution in [3.05, 3.63) is 6.92 Å². The summed E-state index contributed by atoms with van der Waals surface area (Å²) in [6, 6.07) is 0. The molecule has 0 aromatic carbocycles. The van der Waals surface area contributed by atoms with Crippen LogP contribution in [0.25, 0.3) is 0 Å². The van der Waals surface area contributed by atoms with E-state index in [1.165, 1.54) is 57.8 Å². The van der Waals surface area contributed by atoms with Crippen LogP contribution in [0.15, 0.2) is 0 Å². The Morgan fingerprint density at radius 2 is 1.07 bits per heavy atom. The molecule has 0 saturated heterocycles. The second kappa shape index (κ2) is 19.5. The summed E-state index contributed by atoms with van der Waals surface area (Å²) in [6.07, 6.45) is 13.9. The molecule has 2 N–H and O–H groups in total. The quantitative estimate of drug-likeness (QED) is 0.414. The van der Waals surface area contributed by atoms with Crippen molar-refractivity contribution in [1.82, 2.24) is 0 Å². The summed E-state index contributed by atoms with van der Waals surface area (Å²) in [6.45, 7) is 6.12. The van der Waals surface area contributed by atoms with Crippen LogP contribution >= 0.6 is 0 Å². The van der Waals surface area contributed by atoms with Gasteiger partial charge < -0.3 is 5.48 Å². The van der Waals surface area contributed by atoms with Crippen LogP contribution < -0.4 is 0 Å². The van der Waals surface area contributed by atoms with E-state index in [2.05, 4.69) is 13.8 Å². The van der Waals surface area contributed by atoms with Crippen molar-refractivity contribution >= 4 is 29.6 Å². The number of unbranched alkanes of at least 4 members (excludes halogenated alkanes) is 9. The van der Waals surface area contributed by atoms with Gasteiger partial charge >= 0.3 is 29.6 Å². The van der Waals surface area contributed by atoms with Crippen LogP contribution in [-0.4, -0.2) is 35.0 Å². The van der Waals surface area contributed by atoms with Gasteiger partial charge in [-0.2, -0.15) is 0 Å². The molecule has 0 spiro atoms. The van der Waals surface area contributed by atoms with E-state index in [-0.39, 0.29) is 35.0 Å². The molecule has 0 rings (SSSR count). The van der Waals surface area contributed by atoms with Gasteiger partial charge in [0, 0.05) is 0 Å². The third-order valence-corrected chi connectivity index (χ3v) is 2.35. The Hall–Kier alpha value is 0.960. The van der Waals surface area contributed by atoms with Gasteiger partial charge in [-0.3, -0.25) is 0 Å². The van der Waals surface area contributed by atoms with Crippen molar-refractivity contribution in [1.29, 1.82) is 0 Å². The van der Waals surface area contributed by atoms with E-state index in [4.69, 9.17) is 0 Å². The molecule has 0 fully saturated rings. The molecule has 0 aromatic heterocycles. The van der Waals surface area contributed by atoms with Gasteiger partial charge in [-0.25, -0.2) is 0 Å². The summed E-state index contributed by atoms with van der Waals surface area (Å²) in [5.41, 5.74) is 0. The minimum atomic E-state index is 0. The number of hydrogen-bond donors (Lipinski definition) is 0. The first kappa shape index (κ1) is 20.4. The van der Waals surface area contributed by atoms with Gasteiger partial charge in [-0.1, -0.05) is 78.1 Å². The van der Waals surface area contributed by atoms with Crippen molar-refractivity contribution < 1.29 is 5.48 Å². The zero-order valence-electron chi connectivity index (χ0n) is 9.28. The fourth-order valence-electron chi connectivity index (χ4n) is 1.49. The van der Waals surface area contributed by atoms with Gasteiger partial charge in [0.15, 0.2) is 0 Å². The van der Waals surface area contributed by atoms with E-state index in [0.717, 1.165) is 6.42 Å². The molecule has 0 aliphatic carbocycles. The predicted octanol–water partition coefficient (Wildman–Crippen LogP) is 3.27. The molecule has 1 radical (unpaired) electrons. The summed E-state index contributed by atoms with van der Waals surface area (Å²) in [7, 11) is 0. The predicted molar refractivity (Wildman–Crippen MR) is 68.0 cm³/mol. The standard InChI is InChI=1S/C12H25.Na.H2O.H/c1-3-5-7-9-11-12-10-8-6-4-2;;;/h1,3-12H2,2H3;;1H2;. The molecule has 0 aromatic rings. The van der Waals surface area contributed by atoms with Gasteiger partial charge in [-0.15, -0.1) is 0 Å². The Morgan fingerprint density at radius 1 is 0.714 bits per heavy atom. The molecule has 2 heteroatoms. The van der Waals surface area contributed by atoms with Crippen molar-refractivity contribution in [2.45, 2.75) is 71.1 Å². The monoisotopic (exact) mass is 211 g/mol. The van der Waals surface area contributed by atoms with Crippen LogP contribution in [0.3, 0.4) is 0 Å². The summed E-state index contributed by atoms with van der Waals surface area (Å²) in [5, 5.41) is 0. The van der Waals surface area contributed by atoms with Gasteiger partial charge in [0.1, 0.15) is 0 Å². The van der Waals surface area contributed by atoms with Crippen LogP contribution in [0, 0.1) is 6.92 Å². The van der Waals surface area contributed by atoms with Crippen LogP contribution in [-0.2, 0) is 0 Å². The zero-order chi connectivity index (χ0) is 9.07. The van der Waals surface area contributed by atoms with Crippen LogP contribution in [0.2, 0.25) is 0 Å². The van der Waals surface area contributed by atoms with Crippen molar-refractivity contribution in [2.24, 2.45) is 0 Å². The average molecular weight is 211 g/mol. The van der Waals surface area contributed by atoms with E-state index in [0.29, 0.717) is 0 Å². The van der Waals surface area contributed by atoms with E-state index >= 15 is 0 Å². The normalized spacial score (nSPS) is 9.00. The van der Waals surface area contributed by atoms with E-state index in [1.54, 1.807) is 0 Å². The third kappa shape index (κ3) is 18.7. The van der Waals surface area contributed by atoms with Gasteiger partial charge in [0.2, 0.25) is 0 Å². The van der Waals surface area contributed by atoms with Crippen molar-refractivity contribution in [2.75, 3.05) is 0 Å². The van der Waals surface area contributed by atoms with E-state index in [1.807, 2.05) is 0 Å². The first-order valence-corrected chi connectivity index (χ1v) is 5.71. The molecular weight excluding hydrogens is 183 g/mol. The zero-order valence-corrected chi connectivity index (χ0v) is 9.28. The fraction of sp³-hybridized carbons (Fsp3) is 0.917. The molecule has 0 aliphatic heterocycles. The molecule has 0 amide bonds. The molecule has 0 unspecified atom stereocenters. The van der Waals surface area contributed by atoms with Crippen molar-refractivity contribution in [3.8, 4) is 0 Å². The topological polar surface area (TPSA) is 31.5 Å². The maximum atomic E-state index is 3.84. The number of hydrogen-bond acceptors (Lipinski definition) is 0. The average Bonchev–Trinajstić information content (AvgIpc) is 2.10. The van der Waals surface area contributed by atoms with E-state index < -0.39 is 0 Å². The summed E-state index contributed by atoms with van der Waals surface area (Å²) in [5.74, 6) is 0. The molecule has 0 bridgehead atoms.